The fourth-order valence-corrected chi connectivity index (χ4v) is 5.25. The van der Waals surface area contributed by atoms with Crippen LogP contribution in [0, 0.1) is 6.92 Å². The fourth-order valence-electron chi connectivity index (χ4n) is 5.25. The molecule has 1 amide bonds. The number of rotatable bonds is 4. The van der Waals surface area contributed by atoms with Crippen molar-refractivity contribution in [1.82, 2.24) is 9.88 Å². The summed E-state index contributed by atoms with van der Waals surface area (Å²) in [4.78, 5) is 44.6. The molecule has 2 N–H and O–H groups in total. The number of hydrogen-bond donors (Lipinski definition) is 2. The predicted octanol–water partition coefficient (Wildman–Crippen LogP) is 4.35. The molecule has 2 aromatic carbocycles. The molecule has 3 aromatic heterocycles. The van der Waals surface area contributed by atoms with Crippen LogP contribution >= 0.6 is 0 Å². The Labute approximate surface area is 210 Å². The summed E-state index contributed by atoms with van der Waals surface area (Å²) in [6, 6.07) is 16.0. The Bertz CT molecular complexity index is 1790. The summed E-state index contributed by atoms with van der Waals surface area (Å²) in [5, 5.41) is 12.1. The Morgan fingerprint density at radius 1 is 1.11 bits per heavy atom. The van der Waals surface area contributed by atoms with E-state index in [4.69, 9.17) is 8.83 Å². The number of para-hydroxylation sites is 2. The molecule has 0 saturated carbocycles. The van der Waals surface area contributed by atoms with Crippen LogP contribution in [-0.4, -0.2) is 27.4 Å². The molecule has 0 bridgehead atoms. The molecule has 8 nitrogen and oxygen atoms in total. The van der Waals surface area contributed by atoms with E-state index in [-0.39, 0.29) is 34.8 Å². The lowest BCUT2D eigenvalue weighted by atomic mass is 9.91. The monoisotopic (exact) mass is 496 g/mol. The fraction of sp³-hybridized carbons (Fsp3) is 0.207. The van der Waals surface area contributed by atoms with E-state index in [0.717, 1.165) is 16.6 Å². The largest absolute Gasteiger partial charge is 0.502 e. The van der Waals surface area contributed by atoms with Crippen molar-refractivity contribution in [3.05, 3.63) is 110 Å². The lowest BCUT2D eigenvalue weighted by molar-refractivity contribution is -0.132. The molecule has 1 aliphatic heterocycles. The molecule has 1 aliphatic rings. The maximum absolute atomic E-state index is 13.6. The quantitative estimate of drug-likeness (QED) is 0.382. The van der Waals surface area contributed by atoms with Crippen molar-refractivity contribution in [1.29, 1.82) is 0 Å². The van der Waals surface area contributed by atoms with E-state index < -0.39 is 17.1 Å². The van der Waals surface area contributed by atoms with Crippen molar-refractivity contribution >= 4 is 27.8 Å². The second-order valence-electron chi connectivity index (χ2n) is 9.40. The summed E-state index contributed by atoms with van der Waals surface area (Å²) in [5.41, 5.74) is 2.76. The lowest BCUT2D eigenvalue weighted by Crippen LogP contribution is -2.37. The van der Waals surface area contributed by atoms with Gasteiger partial charge in [0.25, 0.3) is 0 Å². The number of hydrogen-bond acceptors (Lipinski definition) is 6. The maximum Gasteiger partial charge on any atom is 0.227 e. The van der Waals surface area contributed by atoms with Gasteiger partial charge in [-0.25, -0.2) is 0 Å². The summed E-state index contributed by atoms with van der Waals surface area (Å²) < 4.78 is 11.5. The Balaban J connectivity index is 1.40. The van der Waals surface area contributed by atoms with Gasteiger partial charge in [-0.2, -0.15) is 0 Å². The number of carbonyl (C=O) groups excluding carboxylic acids is 1. The zero-order chi connectivity index (χ0) is 25.7. The van der Waals surface area contributed by atoms with Crippen LogP contribution in [-0.2, 0) is 17.8 Å². The number of aryl methyl sites for hydroxylation is 1. The minimum Gasteiger partial charge on any atom is -0.502 e. The first-order chi connectivity index (χ1) is 17.9. The molecule has 1 unspecified atom stereocenters. The van der Waals surface area contributed by atoms with Crippen LogP contribution in [0.5, 0.6) is 5.75 Å². The molecule has 0 aliphatic carbocycles. The molecule has 8 heteroatoms. The van der Waals surface area contributed by atoms with E-state index in [0.29, 0.717) is 30.5 Å². The van der Waals surface area contributed by atoms with Crippen LogP contribution in [0.1, 0.15) is 40.7 Å². The highest BCUT2D eigenvalue weighted by Crippen LogP contribution is 2.34. The van der Waals surface area contributed by atoms with Crippen LogP contribution in [0.3, 0.4) is 0 Å². The average molecular weight is 497 g/mol. The number of fused-ring (bicyclic) bond motifs is 4. The van der Waals surface area contributed by atoms with Gasteiger partial charge < -0.3 is 23.8 Å². The number of aromatic amines is 1. The van der Waals surface area contributed by atoms with Gasteiger partial charge in [0.15, 0.2) is 11.2 Å². The van der Waals surface area contributed by atoms with Crippen molar-refractivity contribution in [3.8, 4) is 5.75 Å². The molecule has 1 atom stereocenters. The van der Waals surface area contributed by atoms with Gasteiger partial charge in [-0.3, -0.25) is 14.4 Å². The predicted molar refractivity (Wildman–Crippen MR) is 138 cm³/mol. The standard InChI is InChI=1S/C29H24N2O6/c1-16-12-24(32)28(35)29(37-16)20(21-15-36-25-9-5-3-7-19(25)27(21)34)13-26(33)31-11-10-18-17-6-2-4-8-22(17)30-23(18)14-31/h2-9,12,15,20,30,35H,10-11,13-14H2,1H3. The second kappa shape index (κ2) is 8.81. The zero-order valence-corrected chi connectivity index (χ0v) is 20.1. The van der Waals surface area contributed by atoms with E-state index in [1.54, 1.807) is 36.1 Å². The van der Waals surface area contributed by atoms with Gasteiger partial charge in [-0.15, -0.1) is 0 Å². The third kappa shape index (κ3) is 3.91. The van der Waals surface area contributed by atoms with Crippen LogP contribution < -0.4 is 10.9 Å². The SMILES string of the molecule is Cc1cc(=O)c(O)c(C(CC(=O)N2CCc3c([nH]c4ccccc34)C2)c2coc3ccccc3c2=O)o1. The number of H-pyrrole nitrogens is 1. The van der Waals surface area contributed by atoms with Gasteiger partial charge in [0.2, 0.25) is 17.1 Å². The van der Waals surface area contributed by atoms with Gasteiger partial charge in [-0.1, -0.05) is 30.3 Å². The second-order valence-corrected chi connectivity index (χ2v) is 9.40. The average Bonchev–Trinajstić information content (AvgIpc) is 3.28. The van der Waals surface area contributed by atoms with Crippen LogP contribution in [0.2, 0.25) is 0 Å². The van der Waals surface area contributed by atoms with Gasteiger partial charge in [-0.05, 0) is 37.1 Å². The molecule has 0 saturated heterocycles. The summed E-state index contributed by atoms with van der Waals surface area (Å²) in [7, 11) is 0. The van der Waals surface area contributed by atoms with E-state index in [9.17, 15) is 19.5 Å². The molecule has 4 heterocycles. The molecule has 0 radical (unpaired) electrons. The topological polar surface area (TPSA) is 117 Å². The van der Waals surface area contributed by atoms with Crippen molar-refractivity contribution in [2.75, 3.05) is 6.54 Å². The first kappa shape index (κ1) is 22.8. The van der Waals surface area contributed by atoms with E-state index in [1.165, 1.54) is 17.9 Å². The summed E-state index contributed by atoms with van der Waals surface area (Å²) >= 11 is 0. The highest BCUT2D eigenvalue weighted by molar-refractivity contribution is 5.86. The minimum atomic E-state index is -1.01. The third-order valence-electron chi connectivity index (χ3n) is 7.08. The van der Waals surface area contributed by atoms with E-state index >= 15 is 0 Å². The number of nitrogens with one attached hydrogen (secondary N) is 1. The zero-order valence-electron chi connectivity index (χ0n) is 20.1. The van der Waals surface area contributed by atoms with Crippen LogP contribution in [0.15, 0.2) is 79.3 Å². The molecule has 5 aromatic rings. The van der Waals surface area contributed by atoms with Crippen molar-refractivity contribution < 1.29 is 18.7 Å². The van der Waals surface area contributed by atoms with Gasteiger partial charge >= 0.3 is 0 Å². The maximum atomic E-state index is 13.6. The number of benzene rings is 2. The highest BCUT2D eigenvalue weighted by Gasteiger charge is 2.32. The summed E-state index contributed by atoms with van der Waals surface area (Å²) in [5.74, 6) is -1.71. The summed E-state index contributed by atoms with van der Waals surface area (Å²) in [6.07, 6.45) is 1.80. The van der Waals surface area contributed by atoms with Crippen molar-refractivity contribution in [2.45, 2.75) is 32.2 Å². The molecule has 0 fully saturated rings. The Kier molecular flexibility index (Phi) is 5.44. The van der Waals surface area contributed by atoms with E-state index in [1.807, 2.05) is 18.2 Å². The molecular weight excluding hydrogens is 472 g/mol. The molecular formula is C29H24N2O6. The first-order valence-electron chi connectivity index (χ1n) is 12.1. The molecule has 186 valence electrons. The van der Waals surface area contributed by atoms with Gasteiger partial charge in [0.1, 0.15) is 11.3 Å². The number of aromatic nitrogens is 1. The van der Waals surface area contributed by atoms with Crippen molar-refractivity contribution in [2.24, 2.45) is 0 Å². The summed E-state index contributed by atoms with van der Waals surface area (Å²) in [6.45, 7) is 2.48. The number of aromatic hydroxyl groups is 1. The van der Waals surface area contributed by atoms with Gasteiger partial charge in [0.05, 0.1) is 24.1 Å². The molecule has 0 spiro atoms. The molecule has 37 heavy (non-hydrogen) atoms. The number of carbonyl (C=O) groups is 1. The van der Waals surface area contributed by atoms with Crippen molar-refractivity contribution in [3.63, 3.8) is 0 Å². The highest BCUT2D eigenvalue weighted by atomic mass is 16.4. The Morgan fingerprint density at radius 3 is 2.70 bits per heavy atom. The Morgan fingerprint density at radius 2 is 1.86 bits per heavy atom. The molecule has 6 rings (SSSR count). The normalized spacial score (nSPS) is 14.1. The lowest BCUT2D eigenvalue weighted by Gasteiger charge is -2.28. The number of amides is 1. The van der Waals surface area contributed by atoms with Gasteiger partial charge in [0, 0.05) is 41.2 Å². The first-order valence-corrected chi connectivity index (χ1v) is 12.1. The number of nitrogens with zero attached hydrogens (tertiary/aromatic N) is 1. The smallest absolute Gasteiger partial charge is 0.227 e. The Hall–Kier alpha value is -4.59. The third-order valence-corrected chi connectivity index (χ3v) is 7.08. The van der Waals surface area contributed by atoms with E-state index in [2.05, 4.69) is 11.1 Å². The van der Waals surface area contributed by atoms with Crippen LogP contribution in [0.25, 0.3) is 21.9 Å². The van der Waals surface area contributed by atoms with Crippen LogP contribution in [0.4, 0.5) is 0 Å². The minimum absolute atomic E-state index is 0.121.